The molecule has 0 bridgehead atoms. The van der Waals surface area contributed by atoms with Crippen LogP contribution in [0.5, 0.6) is 11.6 Å². The van der Waals surface area contributed by atoms with Gasteiger partial charge in [0.05, 0.1) is 20.2 Å². The normalized spacial score (nSPS) is 10.3. The molecule has 0 fully saturated rings. The number of aromatic nitrogens is 2. The van der Waals surface area contributed by atoms with Gasteiger partial charge in [-0.1, -0.05) is 0 Å². The Balaban J connectivity index is 1.76. The highest BCUT2D eigenvalue weighted by molar-refractivity contribution is 5.98. The first-order chi connectivity index (χ1) is 12.4. The Labute approximate surface area is 150 Å². The fourth-order valence-corrected chi connectivity index (χ4v) is 2.20. The van der Waals surface area contributed by atoms with E-state index in [-0.39, 0.29) is 48.8 Å². The van der Waals surface area contributed by atoms with Crippen molar-refractivity contribution in [3.05, 3.63) is 41.8 Å². The monoisotopic (exact) mass is 364 g/mol. The number of nitrogens with one attached hydrogen (secondary N) is 1. The first kappa shape index (κ1) is 19.2. The lowest BCUT2D eigenvalue weighted by Crippen LogP contribution is -2.39. The van der Waals surface area contributed by atoms with Crippen molar-refractivity contribution >= 4 is 11.8 Å². The van der Waals surface area contributed by atoms with Gasteiger partial charge in [-0.15, -0.1) is 5.10 Å². The first-order valence-electron chi connectivity index (χ1n) is 7.89. The van der Waals surface area contributed by atoms with Crippen molar-refractivity contribution in [3.63, 3.8) is 0 Å². The van der Waals surface area contributed by atoms with E-state index < -0.39 is 0 Å². The van der Waals surface area contributed by atoms with Gasteiger partial charge in [-0.3, -0.25) is 14.3 Å². The topological polar surface area (TPSA) is 85.7 Å². The van der Waals surface area contributed by atoms with E-state index in [0.29, 0.717) is 5.75 Å². The van der Waals surface area contributed by atoms with Crippen LogP contribution in [0.15, 0.2) is 30.5 Å². The van der Waals surface area contributed by atoms with E-state index in [4.69, 9.17) is 9.47 Å². The fraction of sp³-hybridized carbons (Fsp3) is 0.353. The van der Waals surface area contributed by atoms with Crippen molar-refractivity contribution in [3.8, 4) is 11.6 Å². The summed E-state index contributed by atoms with van der Waals surface area (Å²) in [5.41, 5.74) is 0.282. The molecule has 9 heteroatoms. The van der Waals surface area contributed by atoms with Gasteiger partial charge in [0.2, 0.25) is 11.8 Å². The van der Waals surface area contributed by atoms with Crippen LogP contribution in [0.25, 0.3) is 0 Å². The highest BCUT2D eigenvalue weighted by atomic mass is 19.1. The minimum absolute atomic E-state index is 0.118. The standard InChI is InChI=1S/C17H21FN4O4/c1-21(17(24)14-10-22(2)20-16(14)25-3)11-15(23)19-8-9-26-13-6-4-12(18)5-7-13/h4-7,10H,8-9,11H2,1-3H3,(H,19,23). The smallest absolute Gasteiger partial charge is 0.261 e. The number of benzene rings is 1. The predicted molar refractivity (Wildman–Crippen MR) is 91.6 cm³/mol. The maximum atomic E-state index is 12.8. The molecule has 0 radical (unpaired) electrons. The van der Waals surface area contributed by atoms with Crippen LogP contribution in [0.4, 0.5) is 4.39 Å². The zero-order valence-electron chi connectivity index (χ0n) is 14.9. The number of carbonyl (C=O) groups excluding carboxylic acids is 2. The summed E-state index contributed by atoms with van der Waals surface area (Å²) >= 11 is 0. The zero-order valence-corrected chi connectivity index (χ0v) is 14.9. The third kappa shape index (κ3) is 5.20. The Bertz CT molecular complexity index is 761. The molecule has 2 aromatic rings. The molecular formula is C17H21FN4O4. The second kappa shape index (κ2) is 8.84. The molecule has 1 N–H and O–H groups in total. The van der Waals surface area contributed by atoms with Crippen molar-refractivity contribution in [1.29, 1.82) is 0 Å². The number of carbonyl (C=O) groups is 2. The van der Waals surface area contributed by atoms with Crippen molar-refractivity contribution in [2.75, 3.05) is 33.9 Å². The van der Waals surface area contributed by atoms with Crippen molar-refractivity contribution in [2.45, 2.75) is 0 Å². The first-order valence-corrected chi connectivity index (χ1v) is 7.89. The van der Waals surface area contributed by atoms with E-state index in [9.17, 15) is 14.0 Å². The molecule has 140 valence electrons. The van der Waals surface area contributed by atoms with Gasteiger partial charge in [-0.05, 0) is 24.3 Å². The molecule has 0 aliphatic carbocycles. The van der Waals surface area contributed by atoms with Gasteiger partial charge in [-0.2, -0.15) is 0 Å². The van der Waals surface area contributed by atoms with Crippen molar-refractivity contribution in [2.24, 2.45) is 7.05 Å². The van der Waals surface area contributed by atoms with E-state index in [2.05, 4.69) is 10.4 Å². The van der Waals surface area contributed by atoms with Gasteiger partial charge in [0.1, 0.15) is 23.7 Å². The minimum atomic E-state index is -0.368. The van der Waals surface area contributed by atoms with E-state index in [1.54, 1.807) is 7.05 Å². The molecule has 0 spiro atoms. The van der Waals surface area contributed by atoms with Crippen molar-refractivity contribution in [1.82, 2.24) is 20.0 Å². The molecule has 0 unspecified atom stereocenters. The maximum absolute atomic E-state index is 12.8. The summed E-state index contributed by atoms with van der Waals surface area (Å²) in [5.74, 6) is -0.322. The van der Waals surface area contributed by atoms with Gasteiger partial charge in [0, 0.05) is 20.3 Å². The summed E-state index contributed by atoms with van der Waals surface area (Å²) in [6.07, 6.45) is 1.53. The zero-order chi connectivity index (χ0) is 19.1. The number of hydrogen-bond donors (Lipinski definition) is 1. The summed E-state index contributed by atoms with van der Waals surface area (Å²) in [5, 5.41) is 6.66. The van der Waals surface area contributed by atoms with Crippen LogP contribution < -0.4 is 14.8 Å². The number of nitrogens with zero attached hydrogens (tertiary/aromatic N) is 3. The number of halogens is 1. The average Bonchev–Trinajstić information content (AvgIpc) is 3.00. The van der Waals surface area contributed by atoms with E-state index in [1.165, 1.54) is 54.2 Å². The Morgan fingerprint density at radius 3 is 2.65 bits per heavy atom. The number of methoxy groups -OCH3 is 1. The second-order valence-corrected chi connectivity index (χ2v) is 5.54. The van der Waals surface area contributed by atoms with Crippen LogP contribution in [0.2, 0.25) is 0 Å². The van der Waals surface area contributed by atoms with Crippen LogP contribution in [0.1, 0.15) is 10.4 Å². The summed E-state index contributed by atoms with van der Waals surface area (Å²) in [6, 6.07) is 5.60. The number of hydrogen-bond acceptors (Lipinski definition) is 5. The quantitative estimate of drug-likeness (QED) is 0.702. The lowest BCUT2D eigenvalue weighted by atomic mass is 10.3. The van der Waals surface area contributed by atoms with Crippen LogP contribution in [0, 0.1) is 5.82 Å². The van der Waals surface area contributed by atoms with Crippen LogP contribution in [0.3, 0.4) is 0 Å². The van der Waals surface area contributed by atoms with E-state index >= 15 is 0 Å². The van der Waals surface area contributed by atoms with Gasteiger partial charge < -0.3 is 19.7 Å². The minimum Gasteiger partial charge on any atom is -0.492 e. The lowest BCUT2D eigenvalue weighted by molar-refractivity contribution is -0.121. The molecule has 1 heterocycles. The van der Waals surface area contributed by atoms with Crippen molar-refractivity contribution < 1.29 is 23.5 Å². The van der Waals surface area contributed by atoms with Gasteiger partial charge in [-0.25, -0.2) is 4.39 Å². The molecule has 1 aromatic heterocycles. The number of rotatable bonds is 8. The molecule has 0 saturated carbocycles. The molecule has 8 nitrogen and oxygen atoms in total. The largest absolute Gasteiger partial charge is 0.492 e. The van der Waals surface area contributed by atoms with Gasteiger partial charge >= 0.3 is 0 Å². The molecule has 1 aromatic carbocycles. The van der Waals surface area contributed by atoms with E-state index in [0.717, 1.165) is 0 Å². The van der Waals surface area contributed by atoms with Crippen LogP contribution in [-0.2, 0) is 11.8 Å². The average molecular weight is 364 g/mol. The molecule has 0 aliphatic rings. The number of aryl methyl sites for hydroxylation is 1. The SMILES string of the molecule is COc1nn(C)cc1C(=O)N(C)CC(=O)NCCOc1ccc(F)cc1. The second-order valence-electron chi connectivity index (χ2n) is 5.54. The Morgan fingerprint density at radius 1 is 1.31 bits per heavy atom. The lowest BCUT2D eigenvalue weighted by Gasteiger charge is -2.16. The Morgan fingerprint density at radius 2 is 2.00 bits per heavy atom. The highest BCUT2D eigenvalue weighted by Crippen LogP contribution is 2.16. The molecule has 0 atom stereocenters. The molecule has 0 aliphatic heterocycles. The van der Waals surface area contributed by atoms with Gasteiger partial charge in [0.15, 0.2) is 0 Å². The molecule has 26 heavy (non-hydrogen) atoms. The number of amides is 2. The predicted octanol–water partition coefficient (Wildman–Crippen LogP) is 0.835. The van der Waals surface area contributed by atoms with Gasteiger partial charge in [0.25, 0.3) is 5.91 Å². The maximum Gasteiger partial charge on any atom is 0.261 e. The Kier molecular flexibility index (Phi) is 6.54. The molecule has 0 saturated heterocycles. The molecule has 2 rings (SSSR count). The fourth-order valence-electron chi connectivity index (χ4n) is 2.20. The third-order valence-corrected chi connectivity index (χ3v) is 3.45. The number of likely N-dealkylation sites (N-methyl/N-ethyl adjacent to an activating group) is 1. The molecule has 2 amide bonds. The molecular weight excluding hydrogens is 343 g/mol. The van der Waals surface area contributed by atoms with Crippen LogP contribution >= 0.6 is 0 Å². The summed E-state index contributed by atoms with van der Waals surface area (Å²) < 4.78 is 24.7. The summed E-state index contributed by atoms with van der Waals surface area (Å²) in [6.45, 7) is 0.368. The summed E-state index contributed by atoms with van der Waals surface area (Å²) in [4.78, 5) is 25.6. The Hall–Kier alpha value is -3.10. The third-order valence-electron chi connectivity index (χ3n) is 3.45. The van der Waals surface area contributed by atoms with E-state index in [1.807, 2.05) is 0 Å². The van der Waals surface area contributed by atoms with Crippen LogP contribution in [-0.4, -0.2) is 60.3 Å². The highest BCUT2D eigenvalue weighted by Gasteiger charge is 2.21. The summed E-state index contributed by atoms with van der Waals surface area (Å²) in [7, 11) is 4.61. The number of ether oxygens (including phenoxy) is 2.